The van der Waals surface area contributed by atoms with Crippen LogP contribution in [0.4, 0.5) is 4.79 Å². The smallest absolute Gasteiger partial charge is 0.480 e. The maximum Gasteiger partial charge on any atom is 0.503 e. The third-order valence-corrected chi connectivity index (χ3v) is 1.36. The average molecular weight is 177 g/mol. The van der Waals surface area contributed by atoms with Gasteiger partial charge < -0.3 is 20.6 Å². The normalized spacial score (nSPS) is 20.8. The van der Waals surface area contributed by atoms with Crippen LogP contribution in [0.25, 0.3) is 0 Å². The summed E-state index contributed by atoms with van der Waals surface area (Å²) >= 11 is 0. The first kappa shape index (κ1) is 10.7. The lowest BCUT2D eigenvalue weighted by Crippen LogP contribution is -2.29. The van der Waals surface area contributed by atoms with E-state index in [1.807, 2.05) is 0 Å². The molecule has 0 bridgehead atoms. The van der Waals surface area contributed by atoms with Crippen molar-refractivity contribution in [1.82, 2.24) is 5.32 Å². The number of carbonyl (C=O) groups is 2. The zero-order valence-corrected chi connectivity index (χ0v) is 6.36. The van der Waals surface area contributed by atoms with Crippen molar-refractivity contribution < 1.29 is 24.9 Å². The molecule has 1 aliphatic rings. The van der Waals surface area contributed by atoms with Gasteiger partial charge >= 0.3 is 12.1 Å². The standard InChI is InChI=1S/C5H9NO2.CH2O3/c7-5(8)4-2-1-3-6-4;2-1(3)4/h4,6H,1-3H2,(H,7,8);(H2,2,3,4)/t4-;/m0./s1. The van der Waals surface area contributed by atoms with Crippen LogP contribution >= 0.6 is 0 Å². The molecule has 12 heavy (non-hydrogen) atoms. The maximum atomic E-state index is 10.1. The summed E-state index contributed by atoms with van der Waals surface area (Å²) in [7, 11) is 0. The molecule has 70 valence electrons. The van der Waals surface area contributed by atoms with Gasteiger partial charge in [0.15, 0.2) is 0 Å². The van der Waals surface area contributed by atoms with Gasteiger partial charge in [-0.1, -0.05) is 0 Å². The van der Waals surface area contributed by atoms with E-state index in [-0.39, 0.29) is 6.04 Å². The lowest BCUT2D eigenvalue weighted by atomic mass is 10.2. The number of aliphatic carboxylic acids is 1. The Morgan fingerprint density at radius 2 is 1.75 bits per heavy atom. The van der Waals surface area contributed by atoms with Crippen LogP contribution in [0.2, 0.25) is 0 Å². The van der Waals surface area contributed by atoms with Gasteiger partial charge in [0, 0.05) is 0 Å². The molecule has 6 heteroatoms. The van der Waals surface area contributed by atoms with Crippen molar-refractivity contribution in [3.8, 4) is 0 Å². The van der Waals surface area contributed by atoms with E-state index in [0.29, 0.717) is 0 Å². The second-order valence-electron chi connectivity index (χ2n) is 2.27. The van der Waals surface area contributed by atoms with Crippen LogP contribution < -0.4 is 5.32 Å². The zero-order chi connectivity index (χ0) is 9.56. The first-order valence-electron chi connectivity index (χ1n) is 3.42. The molecule has 0 unspecified atom stereocenters. The molecule has 0 aromatic carbocycles. The Bertz CT molecular complexity index is 159. The first-order valence-corrected chi connectivity index (χ1v) is 3.42. The molecule has 6 nitrogen and oxygen atoms in total. The number of nitrogens with one attached hydrogen (secondary N) is 1. The molecule has 1 aliphatic heterocycles. The van der Waals surface area contributed by atoms with Gasteiger partial charge in [-0.05, 0) is 19.4 Å². The Morgan fingerprint density at radius 1 is 1.25 bits per heavy atom. The fraction of sp³-hybridized carbons (Fsp3) is 0.667. The predicted molar refractivity (Wildman–Crippen MR) is 39.3 cm³/mol. The van der Waals surface area contributed by atoms with Crippen molar-refractivity contribution in [2.45, 2.75) is 18.9 Å². The van der Waals surface area contributed by atoms with Crippen LogP contribution in [0.1, 0.15) is 12.8 Å². The van der Waals surface area contributed by atoms with Crippen molar-refractivity contribution in [2.75, 3.05) is 6.54 Å². The van der Waals surface area contributed by atoms with E-state index in [9.17, 15) is 4.79 Å². The molecule has 1 rings (SSSR count). The molecule has 1 saturated heterocycles. The van der Waals surface area contributed by atoms with Crippen LogP contribution in [0.15, 0.2) is 0 Å². The maximum absolute atomic E-state index is 10.1. The Balaban J connectivity index is 0.000000261. The number of carboxylic acid groups (broad SMARTS) is 3. The third-order valence-electron chi connectivity index (χ3n) is 1.36. The van der Waals surface area contributed by atoms with Crippen molar-refractivity contribution in [1.29, 1.82) is 0 Å². The molecule has 0 amide bonds. The third kappa shape index (κ3) is 5.48. The number of carboxylic acids is 1. The molecule has 1 fully saturated rings. The average Bonchev–Trinajstić information content (AvgIpc) is 2.34. The van der Waals surface area contributed by atoms with Gasteiger partial charge in [-0.25, -0.2) is 4.79 Å². The highest BCUT2D eigenvalue weighted by atomic mass is 16.6. The predicted octanol–water partition coefficient (Wildman–Crippen LogP) is 0.0454. The highest BCUT2D eigenvalue weighted by Gasteiger charge is 2.20. The molecule has 0 aromatic heterocycles. The zero-order valence-electron chi connectivity index (χ0n) is 6.36. The fourth-order valence-electron chi connectivity index (χ4n) is 0.895. The van der Waals surface area contributed by atoms with E-state index in [1.165, 1.54) is 0 Å². The van der Waals surface area contributed by atoms with Gasteiger partial charge in [0.2, 0.25) is 0 Å². The topological polar surface area (TPSA) is 107 Å². The largest absolute Gasteiger partial charge is 0.503 e. The van der Waals surface area contributed by atoms with Gasteiger partial charge in [-0.15, -0.1) is 0 Å². The Morgan fingerprint density at radius 3 is 1.92 bits per heavy atom. The monoisotopic (exact) mass is 177 g/mol. The second kappa shape index (κ2) is 5.36. The molecule has 1 heterocycles. The van der Waals surface area contributed by atoms with Crippen LogP contribution in [0.5, 0.6) is 0 Å². The van der Waals surface area contributed by atoms with Crippen LogP contribution in [0.3, 0.4) is 0 Å². The Kier molecular flexibility index (Phi) is 4.78. The summed E-state index contributed by atoms with van der Waals surface area (Å²) in [5, 5.41) is 25.2. The van der Waals surface area contributed by atoms with E-state index < -0.39 is 12.1 Å². The molecule has 0 radical (unpaired) electrons. The van der Waals surface area contributed by atoms with Gasteiger partial charge in [0.1, 0.15) is 6.04 Å². The fourth-order valence-corrected chi connectivity index (χ4v) is 0.895. The van der Waals surface area contributed by atoms with Gasteiger partial charge in [-0.3, -0.25) is 4.79 Å². The van der Waals surface area contributed by atoms with Crippen molar-refractivity contribution in [3.63, 3.8) is 0 Å². The van der Waals surface area contributed by atoms with Crippen molar-refractivity contribution >= 4 is 12.1 Å². The van der Waals surface area contributed by atoms with E-state index in [0.717, 1.165) is 19.4 Å². The lowest BCUT2D eigenvalue weighted by molar-refractivity contribution is -0.139. The van der Waals surface area contributed by atoms with E-state index in [4.69, 9.17) is 20.1 Å². The minimum absolute atomic E-state index is 0.269. The quantitative estimate of drug-likeness (QED) is 0.450. The van der Waals surface area contributed by atoms with Gasteiger partial charge in [0.25, 0.3) is 0 Å². The minimum atomic E-state index is -1.83. The summed E-state index contributed by atoms with van der Waals surface area (Å²) in [5.41, 5.74) is 0. The first-order chi connectivity index (χ1) is 5.54. The summed E-state index contributed by atoms with van der Waals surface area (Å²) in [6.07, 6.45) is -0.0493. The highest BCUT2D eigenvalue weighted by molar-refractivity contribution is 5.73. The summed E-state index contributed by atoms with van der Waals surface area (Å²) in [6, 6.07) is -0.269. The highest BCUT2D eigenvalue weighted by Crippen LogP contribution is 2.03. The summed E-state index contributed by atoms with van der Waals surface area (Å²) in [4.78, 5) is 18.7. The van der Waals surface area contributed by atoms with Crippen LogP contribution in [-0.2, 0) is 4.79 Å². The Hall–Kier alpha value is -1.30. The van der Waals surface area contributed by atoms with Crippen LogP contribution in [-0.4, -0.2) is 40.0 Å². The summed E-state index contributed by atoms with van der Waals surface area (Å²) < 4.78 is 0. The molecule has 0 spiro atoms. The molecular formula is C6H11NO5. The van der Waals surface area contributed by atoms with E-state index in [2.05, 4.69) is 5.32 Å². The molecule has 0 aliphatic carbocycles. The SMILES string of the molecule is O=C(O)O.O=C(O)[C@@H]1CCCN1. The van der Waals surface area contributed by atoms with Gasteiger partial charge in [-0.2, -0.15) is 0 Å². The van der Waals surface area contributed by atoms with Gasteiger partial charge in [0.05, 0.1) is 0 Å². The number of hydrogen-bond donors (Lipinski definition) is 4. The van der Waals surface area contributed by atoms with E-state index >= 15 is 0 Å². The van der Waals surface area contributed by atoms with E-state index in [1.54, 1.807) is 0 Å². The molecule has 0 aromatic rings. The van der Waals surface area contributed by atoms with Crippen molar-refractivity contribution in [2.24, 2.45) is 0 Å². The number of rotatable bonds is 1. The molecule has 4 N–H and O–H groups in total. The summed E-state index contributed by atoms with van der Waals surface area (Å²) in [6.45, 7) is 0.858. The summed E-state index contributed by atoms with van der Waals surface area (Å²) in [5.74, 6) is -0.720. The number of hydrogen-bond acceptors (Lipinski definition) is 3. The van der Waals surface area contributed by atoms with Crippen molar-refractivity contribution in [3.05, 3.63) is 0 Å². The minimum Gasteiger partial charge on any atom is -0.480 e. The molecular weight excluding hydrogens is 166 g/mol. The second-order valence-corrected chi connectivity index (χ2v) is 2.27. The lowest BCUT2D eigenvalue weighted by Gasteiger charge is -1.99. The Labute approximate surface area is 68.8 Å². The van der Waals surface area contributed by atoms with Crippen LogP contribution in [0, 0.1) is 0 Å². The molecule has 1 atom stereocenters. The molecule has 0 saturated carbocycles.